The first kappa shape index (κ1) is 10.6. The third-order valence-corrected chi connectivity index (χ3v) is 6.54. The van der Waals surface area contributed by atoms with E-state index < -0.39 is 9.04 Å². The van der Waals surface area contributed by atoms with Gasteiger partial charge in [0.05, 0.1) is 0 Å². The van der Waals surface area contributed by atoms with Crippen molar-refractivity contribution in [3.05, 3.63) is 0 Å². The first-order valence-corrected chi connectivity index (χ1v) is 7.62. The molecule has 0 aromatic carbocycles. The van der Waals surface area contributed by atoms with E-state index in [1.165, 1.54) is 24.9 Å². The second-order valence-corrected chi connectivity index (χ2v) is 7.33. The zero-order valence-electron chi connectivity index (χ0n) is 8.12. The van der Waals surface area contributed by atoms with E-state index in [0.717, 1.165) is 6.61 Å². The summed E-state index contributed by atoms with van der Waals surface area (Å²) < 4.78 is 5.79. The molecule has 0 bridgehead atoms. The van der Waals surface area contributed by atoms with E-state index in [2.05, 4.69) is 26.5 Å². The molecule has 1 saturated heterocycles. The van der Waals surface area contributed by atoms with Gasteiger partial charge in [-0.25, -0.2) is 0 Å². The molecule has 0 aromatic rings. The topological polar surface area (TPSA) is 9.23 Å². The first-order chi connectivity index (χ1) is 5.70. The Kier molecular flexibility index (Phi) is 4.68. The molecule has 2 unspecified atom stereocenters. The smallest absolute Gasteiger partial charge is 0.178 e. The van der Waals surface area contributed by atoms with E-state index in [1.807, 2.05) is 0 Å². The third-order valence-electron chi connectivity index (χ3n) is 2.55. The monoisotopic (exact) mass is 204 g/mol. The summed E-state index contributed by atoms with van der Waals surface area (Å²) in [5, 5.41) is 0.569. The Labute approximate surface area is 83.0 Å². The molecule has 2 atom stereocenters. The van der Waals surface area contributed by atoms with E-state index >= 15 is 0 Å². The largest absolute Gasteiger partial charge is 0.420 e. The highest BCUT2D eigenvalue weighted by atomic mass is 32.1. The van der Waals surface area contributed by atoms with Crippen LogP contribution in [0.5, 0.6) is 0 Å². The Hall–Kier alpha value is 0.527. The molecule has 3 heteroatoms. The van der Waals surface area contributed by atoms with E-state index in [1.54, 1.807) is 0 Å². The lowest BCUT2D eigenvalue weighted by Gasteiger charge is -2.25. The quantitative estimate of drug-likeness (QED) is 0.549. The van der Waals surface area contributed by atoms with Crippen LogP contribution in [-0.2, 0) is 4.43 Å². The SMILES string of the molecule is CC(C)C(S)C[SiH]1CCCCO1. The highest BCUT2D eigenvalue weighted by molar-refractivity contribution is 7.81. The Bertz CT molecular complexity index is 124. The second-order valence-electron chi connectivity index (χ2n) is 4.04. The summed E-state index contributed by atoms with van der Waals surface area (Å²) in [7, 11) is -0.817. The predicted octanol–water partition coefficient (Wildman–Crippen LogP) is 2.48. The van der Waals surface area contributed by atoms with Crippen LogP contribution < -0.4 is 0 Å². The second kappa shape index (κ2) is 5.30. The molecule has 1 aliphatic rings. The van der Waals surface area contributed by atoms with Gasteiger partial charge < -0.3 is 4.43 Å². The minimum atomic E-state index is -0.817. The molecule has 0 aromatic heterocycles. The van der Waals surface area contributed by atoms with Gasteiger partial charge in [-0.2, -0.15) is 12.6 Å². The molecule has 0 amide bonds. The van der Waals surface area contributed by atoms with Gasteiger partial charge in [-0.15, -0.1) is 0 Å². The lowest BCUT2D eigenvalue weighted by Crippen LogP contribution is -2.27. The van der Waals surface area contributed by atoms with Crippen molar-refractivity contribution in [3.8, 4) is 0 Å². The highest BCUT2D eigenvalue weighted by Gasteiger charge is 2.20. The molecular formula is C9H20OSSi. The average Bonchev–Trinajstić information content (AvgIpc) is 2.06. The molecule has 1 aliphatic heterocycles. The zero-order valence-corrected chi connectivity index (χ0v) is 10.2. The number of hydrogen-bond donors (Lipinski definition) is 1. The molecule has 0 saturated carbocycles. The van der Waals surface area contributed by atoms with Crippen molar-refractivity contribution in [2.45, 2.75) is 44.0 Å². The van der Waals surface area contributed by atoms with Gasteiger partial charge in [0.1, 0.15) is 0 Å². The van der Waals surface area contributed by atoms with E-state index in [0.29, 0.717) is 11.2 Å². The van der Waals surface area contributed by atoms with Gasteiger partial charge in [0.2, 0.25) is 0 Å². The maximum Gasteiger partial charge on any atom is 0.178 e. The molecule has 72 valence electrons. The van der Waals surface area contributed by atoms with Crippen molar-refractivity contribution in [2.75, 3.05) is 6.61 Å². The molecule has 0 N–H and O–H groups in total. The molecule has 1 rings (SSSR count). The van der Waals surface area contributed by atoms with Crippen molar-refractivity contribution < 1.29 is 4.43 Å². The van der Waals surface area contributed by atoms with Crippen LogP contribution in [0.3, 0.4) is 0 Å². The maximum atomic E-state index is 5.79. The molecule has 0 aliphatic carbocycles. The number of hydrogen-bond acceptors (Lipinski definition) is 2. The summed E-state index contributed by atoms with van der Waals surface area (Å²) in [6.07, 6.45) is 2.68. The summed E-state index contributed by atoms with van der Waals surface area (Å²) in [6.45, 7) is 5.51. The van der Waals surface area contributed by atoms with Crippen LogP contribution in [0.25, 0.3) is 0 Å². The highest BCUT2D eigenvalue weighted by Crippen LogP contribution is 2.21. The third kappa shape index (κ3) is 3.50. The molecular weight excluding hydrogens is 184 g/mol. The van der Waals surface area contributed by atoms with Crippen LogP contribution in [0.4, 0.5) is 0 Å². The van der Waals surface area contributed by atoms with Crippen molar-refractivity contribution in [3.63, 3.8) is 0 Å². The van der Waals surface area contributed by atoms with Crippen LogP contribution in [0.1, 0.15) is 26.7 Å². The Morgan fingerprint density at radius 1 is 1.42 bits per heavy atom. The summed E-state index contributed by atoms with van der Waals surface area (Å²) in [6, 6.07) is 2.64. The molecule has 1 fully saturated rings. The number of rotatable bonds is 3. The molecule has 0 radical (unpaired) electrons. The maximum absolute atomic E-state index is 5.79. The van der Waals surface area contributed by atoms with Crippen LogP contribution in [0, 0.1) is 5.92 Å². The fraction of sp³-hybridized carbons (Fsp3) is 1.00. The standard InChI is InChI=1S/C9H20OSSi/c1-8(2)9(11)7-12-6-4-3-5-10-12/h8-9,11-12H,3-7H2,1-2H3. The zero-order chi connectivity index (χ0) is 8.97. The van der Waals surface area contributed by atoms with Gasteiger partial charge in [0, 0.05) is 11.9 Å². The van der Waals surface area contributed by atoms with Crippen LogP contribution in [-0.4, -0.2) is 20.9 Å². The van der Waals surface area contributed by atoms with Gasteiger partial charge in [-0.3, -0.25) is 0 Å². The van der Waals surface area contributed by atoms with Crippen molar-refractivity contribution in [2.24, 2.45) is 5.92 Å². The minimum Gasteiger partial charge on any atom is -0.420 e. The van der Waals surface area contributed by atoms with E-state index in [9.17, 15) is 0 Å². The molecule has 12 heavy (non-hydrogen) atoms. The average molecular weight is 204 g/mol. The van der Waals surface area contributed by atoms with E-state index in [-0.39, 0.29) is 0 Å². The van der Waals surface area contributed by atoms with Crippen molar-refractivity contribution >= 4 is 21.7 Å². The fourth-order valence-corrected chi connectivity index (χ4v) is 5.11. The molecule has 0 spiro atoms. The van der Waals surface area contributed by atoms with Crippen LogP contribution >= 0.6 is 12.6 Å². The summed E-state index contributed by atoms with van der Waals surface area (Å²) in [5.74, 6) is 0.700. The molecule has 1 heterocycles. The van der Waals surface area contributed by atoms with Crippen LogP contribution in [0.15, 0.2) is 0 Å². The minimum absolute atomic E-state index is 0.569. The Morgan fingerprint density at radius 2 is 2.17 bits per heavy atom. The number of thiol groups is 1. The Balaban J connectivity index is 2.20. The van der Waals surface area contributed by atoms with Crippen molar-refractivity contribution in [1.29, 1.82) is 0 Å². The lowest BCUT2D eigenvalue weighted by atomic mass is 10.1. The Morgan fingerprint density at radius 3 is 2.67 bits per heavy atom. The lowest BCUT2D eigenvalue weighted by molar-refractivity contribution is 0.285. The summed E-state index contributed by atoms with van der Waals surface area (Å²) in [5.41, 5.74) is 0. The van der Waals surface area contributed by atoms with Crippen LogP contribution in [0.2, 0.25) is 12.1 Å². The summed E-state index contributed by atoms with van der Waals surface area (Å²) >= 11 is 4.59. The van der Waals surface area contributed by atoms with E-state index in [4.69, 9.17) is 4.43 Å². The van der Waals surface area contributed by atoms with Gasteiger partial charge >= 0.3 is 0 Å². The first-order valence-electron chi connectivity index (χ1n) is 5.00. The molecule has 1 nitrogen and oxygen atoms in total. The van der Waals surface area contributed by atoms with Gasteiger partial charge in [0.15, 0.2) is 9.04 Å². The predicted molar refractivity (Wildman–Crippen MR) is 59.6 cm³/mol. The summed E-state index contributed by atoms with van der Waals surface area (Å²) in [4.78, 5) is 0. The van der Waals surface area contributed by atoms with Gasteiger partial charge in [-0.1, -0.05) is 20.3 Å². The van der Waals surface area contributed by atoms with Gasteiger partial charge in [-0.05, 0) is 24.4 Å². The fourth-order valence-electron chi connectivity index (χ4n) is 1.53. The van der Waals surface area contributed by atoms with Gasteiger partial charge in [0.25, 0.3) is 0 Å². The van der Waals surface area contributed by atoms with Crippen molar-refractivity contribution in [1.82, 2.24) is 0 Å². The normalized spacial score (nSPS) is 27.5.